The number of nitrogens with zero attached hydrogens (tertiary/aromatic N) is 4. The van der Waals surface area contributed by atoms with Crippen molar-refractivity contribution >= 4 is 51.7 Å². The van der Waals surface area contributed by atoms with Gasteiger partial charge in [-0.05, 0) is 70.9 Å². The Hall–Kier alpha value is -4.64. The van der Waals surface area contributed by atoms with Gasteiger partial charge in [0, 0.05) is 41.6 Å². The molecule has 2 N–H and O–H groups in total. The maximum absolute atomic E-state index is 13.5. The second kappa shape index (κ2) is 13.3. The summed E-state index contributed by atoms with van der Waals surface area (Å²) in [7, 11) is 0. The van der Waals surface area contributed by atoms with E-state index in [2.05, 4.69) is 25.6 Å². The summed E-state index contributed by atoms with van der Waals surface area (Å²) in [6.07, 6.45) is 5.61. The topological polar surface area (TPSA) is 128 Å². The quantitative estimate of drug-likeness (QED) is 0.210. The molecule has 2 aromatic heterocycles. The van der Waals surface area contributed by atoms with E-state index in [9.17, 15) is 9.59 Å². The molecule has 0 bridgehead atoms. The third-order valence-corrected chi connectivity index (χ3v) is 7.08. The van der Waals surface area contributed by atoms with Crippen molar-refractivity contribution in [1.82, 2.24) is 19.9 Å². The molecular formula is C32H35ClN6O5. The van der Waals surface area contributed by atoms with Crippen molar-refractivity contribution in [3.8, 4) is 11.5 Å². The fraction of sp³-hybridized carbons (Fsp3) is 0.344. The number of hydrogen-bond donors (Lipinski definition) is 2. The maximum atomic E-state index is 13.5. The van der Waals surface area contributed by atoms with Gasteiger partial charge in [0.25, 0.3) is 0 Å². The molecule has 0 aliphatic carbocycles. The van der Waals surface area contributed by atoms with Gasteiger partial charge in [-0.2, -0.15) is 0 Å². The molecule has 1 aliphatic heterocycles. The van der Waals surface area contributed by atoms with Crippen molar-refractivity contribution in [2.45, 2.75) is 58.8 Å². The standard InChI is InChI=1S/C32H35ClN6O5/c1-5-42-28-16-24-22(15-25(28)38-30(40)26-9-7-13-39(26)31(41)44-32(2,3)4)29(36-19-35-24)37-21-10-11-27(23(33)14-21)43-18-20-8-6-12-34-17-20/h6,8,10-12,14-17,19,26H,5,7,9,13,18H2,1-4H3,(H,38,40)(H,35,36,37)/t26-/m0/s1. The van der Waals surface area contributed by atoms with E-state index in [1.807, 2.05) is 25.1 Å². The number of hydrogen-bond acceptors (Lipinski definition) is 9. The number of aromatic nitrogens is 3. The molecule has 11 nitrogen and oxygen atoms in total. The molecule has 4 aromatic rings. The first-order valence-corrected chi connectivity index (χ1v) is 14.8. The molecular weight excluding hydrogens is 584 g/mol. The first kappa shape index (κ1) is 30.8. The van der Waals surface area contributed by atoms with Gasteiger partial charge in [-0.25, -0.2) is 14.8 Å². The Kier molecular flexibility index (Phi) is 9.34. The molecule has 3 heterocycles. The molecule has 1 fully saturated rings. The number of pyridine rings is 1. The fourth-order valence-corrected chi connectivity index (χ4v) is 5.06. The van der Waals surface area contributed by atoms with E-state index in [1.165, 1.54) is 11.2 Å². The lowest BCUT2D eigenvalue weighted by molar-refractivity contribution is -0.120. The van der Waals surface area contributed by atoms with Crippen molar-refractivity contribution in [3.05, 3.63) is 71.8 Å². The summed E-state index contributed by atoms with van der Waals surface area (Å²) in [5.41, 5.74) is 2.00. The third-order valence-electron chi connectivity index (χ3n) is 6.79. The van der Waals surface area contributed by atoms with Crippen LogP contribution in [0, 0.1) is 0 Å². The average molecular weight is 619 g/mol. The third kappa shape index (κ3) is 7.46. The molecule has 1 aliphatic rings. The number of nitrogens with one attached hydrogen (secondary N) is 2. The van der Waals surface area contributed by atoms with Gasteiger partial charge in [0.1, 0.15) is 41.9 Å². The first-order valence-electron chi connectivity index (χ1n) is 14.4. The summed E-state index contributed by atoms with van der Waals surface area (Å²) >= 11 is 6.54. The molecule has 0 spiro atoms. The predicted molar refractivity (Wildman–Crippen MR) is 169 cm³/mol. The van der Waals surface area contributed by atoms with Crippen LogP contribution in [0.1, 0.15) is 46.1 Å². The normalized spacial score (nSPS) is 14.8. The van der Waals surface area contributed by atoms with Crippen LogP contribution in [-0.2, 0) is 16.1 Å². The van der Waals surface area contributed by atoms with Crippen LogP contribution < -0.4 is 20.1 Å². The number of rotatable bonds is 9. The lowest BCUT2D eigenvalue weighted by Crippen LogP contribution is -2.45. The molecule has 44 heavy (non-hydrogen) atoms. The minimum Gasteiger partial charge on any atom is -0.492 e. The Morgan fingerprint density at radius 3 is 2.66 bits per heavy atom. The number of carbonyl (C=O) groups excluding carboxylic acids is 2. The predicted octanol–water partition coefficient (Wildman–Crippen LogP) is 6.74. The fourth-order valence-electron chi connectivity index (χ4n) is 4.83. The molecule has 230 valence electrons. The van der Waals surface area contributed by atoms with E-state index in [1.54, 1.807) is 57.4 Å². The molecule has 12 heteroatoms. The van der Waals surface area contributed by atoms with Crippen molar-refractivity contribution in [2.24, 2.45) is 0 Å². The van der Waals surface area contributed by atoms with Crippen molar-refractivity contribution in [1.29, 1.82) is 0 Å². The van der Waals surface area contributed by atoms with Gasteiger partial charge >= 0.3 is 6.09 Å². The van der Waals surface area contributed by atoms with Gasteiger partial charge in [-0.3, -0.25) is 14.7 Å². The number of likely N-dealkylation sites (tertiary alicyclic amines) is 1. The SMILES string of the molecule is CCOc1cc2ncnc(Nc3ccc(OCc4cccnc4)c(Cl)c3)c2cc1NC(=O)[C@@H]1CCCN1C(=O)OC(C)(C)C. The number of fused-ring (bicyclic) bond motifs is 1. The van der Waals surface area contributed by atoms with Crippen LogP contribution in [-0.4, -0.2) is 56.6 Å². The number of benzene rings is 2. The Balaban J connectivity index is 1.37. The Morgan fingerprint density at radius 2 is 1.93 bits per heavy atom. The van der Waals surface area contributed by atoms with Crippen LogP contribution in [0.15, 0.2) is 61.2 Å². The number of ether oxygens (including phenoxy) is 3. The van der Waals surface area contributed by atoms with E-state index >= 15 is 0 Å². The monoisotopic (exact) mass is 618 g/mol. The van der Waals surface area contributed by atoms with E-state index in [-0.39, 0.29) is 5.91 Å². The van der Waals surface area contributed by atoms with Crippen LogP contribution in [0.4, 0.5) is 22.0 Å². The first-order chi connectivity index (χ1) is 21.1. The van der Waals surface area contributed by atoms with Crippen LogP contribution in [0.3, 0.4) is 0 Å². The van der Waals surface area contributed by atoms with Crippen molar-refractivity contribution in [3.63, 3.8) is 0 Å². The lowest BCUT2D eigenvalue weighted by atomic mass is 10.1. The molecule has 2 amide bonds. The van der Waals surface area contributed by atoms with E-state index in [4.69, 9.17) is 25.8 Å². The molecule has 0 saturated carbocycles. The van der Waals surface area contributed by atoms with Crippen LogP contribution >= 0.6 is 11.6 Å². The van der Waals surface area contributed by atoms with Crippen molar-refractivity contribution in [2.75, 3.05) is 23.8 Å². The van der Waals surface area contributed by atoms with Gasteiger partial charge in [-0.15, -0.1) is 0 Å². The second-order valence-electron chi connectivity index (χ2n) is 11.3. The lowest BCUT2D eigenvalue weighted by Gasteiger charge is -2.28. The largest absolute Gasteiger partial charge is 0.492 e. The minimum atomic E-state index is -0.666. The Labute approximate surface area is 260 Å². The Bertz CT molecular complexity index is 1650. The van der Waals surface area contributed by atoms with Crippen LogP contribution in [0.25, 0.3) is 10.9 Å². The summed E-state index contributed by atoms with van der Waals surface area (Å²) in [5, 5.41) is 7.34. The van der Waals surface area contributed by atoms with E-state index in [0.717, 1.165) is 5.56 Å². The number of amides is 2. The molecule has 0 unspecified atom stereocenters. The molecule has 1 atom stereocenters. The second-order valence-corrected chi connectivity index (χ2v) is 11.7. The zero-order valence-corrected chi connectivity index (χ0v) is 25.9. The van der Waals surface area contributed by atoms with E-state index < -0.39 is 17.7 Å². The Morgan fingerprint density at radius 1 is 1.09 bits per heavy atom. The summed E-state index contributed by atoms with van der Waals surface area (Å²) in [4.78, 5) is 40.7. The van der Waals surface area contributed by atoms with Gasteiger partial charge in [0.05, 0.1) is 22.8 Å². The molecule has 0 radical (unpaired) electrons. The maximum Gasteiger partial charge on any atom is 0.410 e. The summed E-state index contributed by atoms with van der Waals surface area (Å²) < 4.78 is 17.2. The zero-order chi connectivity index (χ0) is 31.3. The highest BCUT2D eigenvalue weighted by Crippen LogP contribution is 2.35. The van der Waals surface area contributed by atoms with Crippen LogP contribution in [0.2, 0.25) is 5.02 Å². The minimum absolute atomic E-state index is 0.325. The number of carbonyl (C=O) groups is 2. The summed E-state index contributed by atoms with van der Waals surface area (Å²) in [5.74, 6) is 1.17. The zero-order valence-electron chi connectivity index (χ0n) is 25.1. The molecule has 1 saturated heterocycles. The summed E-state index contributed by atoms with van der Waals surface area (Å²) in [6.45, 7) is 8.42. The van der Waals surface area contributed by atoms with E-state index in [0.29, 0.717) is 77.2 Å². The number of halogens is 1. The number of anilines is 3. The smallest absolute Gasteiger partial charge is 0.410 e. The van der Waals surface area contributed by atoms with Crippen molar-refractivity contribution < 1.29 is 23.8 Å². The average Bonchev–Trinajstić information content (AvgIpc) is 3.48. The summed E-state index contributed by atoms with van der Waals surface area (Å²) in [6, 6.07) is 12.0. The van der Waals surface area contributed by atoms with Gasteiger partial charge in [-0.1, -0.05) is 17.7 Å². The highest BCUT2D eigenvalue weighted by Gasteiger charge is 2.37. The highest BCUT2D eigenvalue weighted by atomic mass is 35.5. The van der Waals surface area contributed by atoms with Crippen LogP contribution in [0.5, 0.6) is 11.5 Å². The van der Waals surface area contributed by atoms with Gasteiger partial charge < -0.3 is 24.8 Å². The van der Waals surface area contributed by atoms with Gasteiger partial charge in [0.15, 0.2) is 0 Å². The van der Waals surface area contributed by atoms with Gasteiger partial charge in [0.2, 0.25) is 5.91 Å². The molecule has 2 aromatic carbocycles. The molecule has 5 rings (SSSR count). The highest BCUT2D eigenvalue weighted by molar-refractivity contribution is 6.32.